The first-order valence-corrected chi connectivity index (χ1v) is 6.47. The number of aromatic amines is 1. The van der Waals surface area contributed by atoms with Gasteiger partial charge in [0.1, 0.15) is 17.4 Å². The minimum atomic E-state index is -0.355. The average Bonchev–Trinajstić information content (AvgIpc) is 2.82. The molecule has 5 heteroatoms. The number of aromatic nitrogens is 2. The third-order valence-corrected chi connectivity index (χ3v) is 3.69. The number of fused-ring (bicyclic) bond motifs is 1. The van der Waals surface area contributed by atoms with Crippen molar-refractivity contribution in [2.24, 2.45) is 0 Å². The van der Waals surface area contributed by atoms with Gasteiger partial charge in [-0.2, -0.15) is 0 Å². The van der Waals surface area contributed by atoms with Gasteiger partial charge in [-0.1, -0.05) is 12.1 Å². The van der Waals surface area contributed by atoms with Gasteiger partial charge in [0, 0.05) is 0 Å². The summed E-state index contributed by atoms with van der Waals surface area (Å²) < 4.78 is 19.8. The zero-order chi connectivity index (χ0) is 13.4. The Balaban J connectivity index is 2.26. The first-order chi connectivity index (χ1) is 9.20. The van der Waals surface area contributed by atoms with Gasteiger partial charge in [-0.3, -0.25) is 0 Å². The molecule has 0 saturated carbocycles. The van der Waals surface area contributed by atoms with E-state index < -0.39 is 0 Å². The van der Waals surface area contributed by atoms with E-state index in [1.54, 1.807) is 13.2 Å². The number of hydrogen-bond acceptors (Lipinski definition) is 2. The number of para-hydroxylation sites is 2. The van der Waals surface area contributed by atoms with Crippen LogP contribution in [0.3, 0.4) is 0 Å². The average molecular weight is 321 g/mol. The highest BCUT2D eigenvalue weighted by atomic mass is 79.9. The van der Waals surface area contributed by atoms with Crippen molar-refractivity contribution in [3.63, 3.8) is 0 Å². The van der Waals surface area contributed by atoms with E-state index in [4.69, 9.17) is 4.74 Å². The zero-order valence-corrected chi connectivity index (χ0v) is 11.7. The molecule has 0 aliphatic carbocycles. The summed E-state index contributed by atoms with van der Waals surface area (Å²) in [6.07, 6.45) is 0. The Bertz CT molecular complexity index is 721. The summed E-state index contributed by atoms with van der Waals surface area (Å²) in [6.45, 7) is 0. The highest BCUT2D eigenvalue weighted by molar-refractivity contribution is 9.10. The molecule has 1 N–H and O–H groups in total. The highest BCUT2D eigenvalue weighted by Gasteiger charge is 2.17. The van der Waals surface area contributed by atoms with Gasteiger partial charge >= 0.3 is 0 Å². The lowest BCUT2D eigenvalue weighted by atomic mass is 10.2. The van der Waals surface area contributed by atoms with Gasteiger partial charge in [-0.25, -0.2) is 9.37 Å². The molecule has 2 aromatic carbocycles. The lowest BCUT2D eigenvalue weighted by molar-refractivity contribution is 0.411. The molecule has 0 radical (unpaired) electrons. The quantitative estimate of drug-likeness (QED) is 0.770. The molecule has 1 heterocycles. The Morgan fingerprint density at radius 3 is 2.74 bits per heavy atom. The molecule has 0 atom stereocenters. The van der Waals surface area contributed by atoms with E-state index in [-0.39, 0.29) is 5.82 Å². The molecule has 0 spiro atoms. The van der Waals surface area contributed by atoms with E-state index >= 15 is 0 Å². The van der Waals surface area contributed by atoms with Gasteiger partial charge in [0.2, 0.25) is 0 Å². The van der Waals surface area contributed by atoms with Crippen LogP contribution in [-0.2, 0) is 0 Å². The number of benzene rings is 2. The van der Waals surface area contributed by atoms with Crippen LogP contribution in [0.5, 0.6) is 5.75 Å². The first kappa shape index (κ1) is 12.2. The number of halogens is 2. The molecule has 1 aromatic heterocycles. The molecule has 0 saturated heterocycles. The van der Waals surface area contributed by atoms with Crippen LogP contribution >= 0.6 is 15.9 Å². The van der Waals surface area contributed by atoms with E-state index in [9.17, 15) is 4.39 Å². The van der Waals surface area contributed by atoms with Crippen LogP contribution in [0, 0.1) is 5.82 Å². The smallest absolute Gasteiger partial charge is 0.142 e. The molecular formula is C14H10BrFN2O. The van der Waals surface area contributed by atoms with Crippen molar-refractivity contribution in [3.05, 3.63) is 46.7 Å². The molecule has 19 heavy (non-hydrogen) atoms. The number of nitrogens with one attached hydrogen (secondary N) is 1. The Labute approximate surface area is 117 Å². The monoisotopic (exact) mass is 320 g/mol. The summed E-state index contributed by atoms with van der Waals surface area (Å²) in [5.74, 6) is 0.688. The molecular weight excluding hydrogens is 311 g/mol. The van der Waals surface area contributed by atoms with Gasteiger partial charge in [0.05, 0.1) is 28.2 Å². The maximum atomic E-state index is 14.0. The van der Waals surface area contributed by atoms with E-state index in [1.165, 1.54) is 6.07 Å². The van der Waals surface area contributed by atoms with Crippen LogP contribution in [0.1, 0.15) is 0 Å². The van der Waals surface area contributed by atoms with Crippen molar-refractivity contribution >= 4 is 27.0 Å². The van der Waals surface area contributed by atoms with Crippen molar-refractivity contribution in [1.82, 2.24) is 9.97 Å². The molecule has 0 unspecified atom stereocenters. The van der Waals surface area contributed by atoms with Crippen LogP contribution in [0.2, 0.25) is 0 Å². The molecule has 3 aromatic rings. The molecule has 0 aliphatic heterocycles. The number of methoxy groups -OCH3 is 1. The summed E-state index contributed by atoms with van der Waals surface area (Å²) in [5.41, 5.74) is 2.04. The number of ether oxygens (including phenoxy) is 1. The topological polar surface area (TPSA) is 37.9 Å². The summed E-state index contributed by atoms with van der Waals surface area (Å²) in [4.78, 5) is 7.51. The minimum absolute atomic E-state index is 0.355. The lowest BCUT2D eigenvalue weighted by Gasteiger charge is -2.08. The molecule has 0 aliphatic rings. The Morgan fingerprint density at radius 1 is 1.21 bits per heavy atom. The Morgan fingerprint density at radius 2 is 2.00 bits per heavy atom. The highest BCUT2D eigenvalue weighted by Crippen LogP contribution is 2.36. The molecule has 0 bridgehead atoms. The summed E-state index contributed by atoms with van der Waals surface area (Å²) in [5, 5.41) is 0. The fourth-order valence-electron chi connectivity index (χ4n) is 1.98. The van der Waals surface area contributed by atoms with Gasteiger partial charge in [0.15, 0.2) is 0 Å². The van der Waals surface area contributed by atoms with Crippen LogP contribution in [-0.4, -0.2) is 17.1 Å². The molecule has 3 rings (SSSR count). The van der Waals surface area contributed by atoms with Crippen molar-refractivity contribution in [2.75, 3.05) is 7.11 Å². The molecule has 0 amide bonds. The molecule has 0 fully saturated rings. The standard InChI is InChI=1S/C14H10BrFN2O/c1-19-11-7-6-8(16)12(13(11)15)14-17-9-4-2-3-5-10(9)18-14/h2-7H,1H3,(H,17,18). The van der Waals surface area contributed by atoms with E-state index in [0.29, 0.717) is 21.6 Å². The second kappa shape index (κ2) is 4.66. The first-order valence-electron chi connectivity index (χ1n) is 5.68. The normalized spacial score (nSPS) is 10.9. The predicted octanol–water partition coefficient (Wildman–Crippen LogP) is 4.14. The third-order valence-electron chi connectivity index (χ3n) is 2.90. The molecule has 3 nitrogen and oxygen atoms in total. The fraction of sp³-hybridized carbons (Fsp3) is 0.0714. The summed E-state index contributed by atoms with van der Waals surface area (Å²) in [7, 11) is 1.54. The third kappa shape index (κ3) is 2.00. The van der Waals surface area contributed by atoms with Crippen LogP contribution in [0.25, 0.3) is 22.4 Å². The van der Waals surface area contributed by atoms with Crippen molar-refractivity contribution in [1.29, 1.82) is 0 Å². The molecule has 96 valence electrons. The fourth-order valence-corrected chi connectivity index (χ4v) is 2.65. The van der Waals surface area contributed by atoms with Gasteiger partial charge in [-0.15, -0.1) is 0 Å². The van der Waals surface area contributed by atoms with Crippen LogP contribution < -0.4 is 4.74 Å². The SMILES string of the molecule is COc1ccc(F)c(-c2nc3ccccc3[nH]2)c1Br. The van der Waals surface area contributed by atoms with Crippen LogP contribution in [0.15, 0.2) is 40.9 Å². The number of nitrogens with zero attached hydrogens (tertiary/aromatic N) is 1. The Kier molecular flexibility index (Phi) is 2.98. The second-order valence-corrected chi connectivity index (χ2v) is 4.83. The second-order valence-electron chi connectivity index (χ2n) is 4.04. The number of hydrogen-bond donors (Lipinski definition) is 1. The summed E-state index contributed by atoms with van der Waals surface area (Å²) >= 11 is 3.36. The van der Waals surface area contributed by atoms with Gasteiger partial charge in [-0.05, 0) is 40.2 Å². The summed E-state index contributed by atoms with van der Waals surface area (Å²) in [6, 6.07) is 10.5. The minimum Gasteiger partial charge on any atom is -0.496 e. The van der Waals surface area contributed by atoms with E-state index in [0.717, 1.165) is 11.0 Å². The number of rotatable bonds is 2. The maximum Gasteiger partial charge on any atom is 0.142 e. The number of H-pyrrole nitrogens is 1. The van der Waals surface area contributed by atoms with E-state index in [2.05, 4.69) is 25.9 Å². The lowest BCUT2D eigenvalue weighted by Crippen LogP contribution is -1.92. The predicted molar refractivity (Wildman–Crippen MR) is 75.7 cm³/mol. The van der Waals surface area contributed by atoms with Crippen LogP contribution in [0.4, 0.5) is 4.39 Å². The van der Waals surface area contributed by atoms with Crippen molar-refractivity contribution < 1.29 is 9.13 Å². The largest absolute Gasteiger partial charge is 0.496 e. The zero-order valence-electron chi connectivity index (χ0n) is 10.1. The van der Waals surface area contributed by atoms with Crippen molar-refractivity contribution in [3.8, 4) is 17.1 Å². The maximum absolute atomic E-state index is 14.0. The van der Waals surface area contributed by atoms with Crippen molar-refractivity contribution in [2.45, 2.75) is 0 Å². The van der Waals surface area contributed by atoms with E-state index in [1.807, 2.05) is 24.3 Å². The van der Waals surface area contributed by atoms with Gasteiger partial charge in [0.25, 0.3) is 0 Å². The number of imidazole rings is 1. The Hall–Kier alpha value is -1.88. The van der Waals surface area contributed by atoms with Gasteiger partial charge < -0.3 is 9.72 Å².